The Hall–Kier alpha value is -3.83. The van der Waals surface area contributed by atoms with Crippen LogP contribution in [-0.2, 0) is 6.18 Å². The molecule has 12 heteroatoms. The number of alkyl halides is 5. The lowest BCUT2D eigenvalue weighted by Crippen LogP contribution is -2.51. The lowest BCUT2D eigenvalue weighted by Gasteiger charge is -2.23. The van der Waals surface area contributed by atoms with Gasteiger partial charge in [0.05, 0.1) is 24.8 Å². The van der Waals surface area contributed by atoms with E-state index in [2.05, 4.69) is 5.32 Å². The monoisotopic (exact) mass is 582 g/mol. The molecule has 5 nitrogen and oxygen atoms in total. The number of hydrogen-bond donors (Lipinski definition) is 1. The summed E-state index contributed by atoms with van der Waals surface area (Å²) in [6, 6.07) is 5.62. The smallest absolute Gasteiger partial charge is 0.422 e. The zero-order valence-corrected chi connectivity index (χ0v) is 22.3. The second-order valence-corrected chi connectivity index (χ2v) is 10.5. The molecule has 3 aromatic rings. The molecule has 0 aliphatic carbocycles. The lowest BCUT2D eigenvalue weighted by molar-refractivity contribution is -0.728. The van der Waals surface area contributed by atoms with Crippen LogP contribution < -0.4 is 14.6 Å². The Morgan fingerprint density at radius 3 is 2.41 bits per heavy atom. The Morgan fingerprint density at radius 2 is 1.78 bits per heavy atom. The van der Waals surface area contributed by atoms with E-state index in [1.165, 1.54) is 34.8 Å². The Balaban J connectivity index is 1.63. The number of rotatable bonds is 6. The number of aromatic nitrogens is 1. The molecule has 3 unspecified atom stereocenters. The highest BCUT2D eigenvalue weighted by Gasteiger charge is 2.53. The zero-order valence-electron chi connectivity index (χ0n) is 22.3. The highest BCUT2D eigenvalue weighted by molar-refractivity contribution is 5.78. The van der Waals surface area contributed by atoms with Crippen molar-refractivity contribution in [2.45, 2.75) is 63.5 Å². The summed E-state index contributed by atoms with van der Waals surface area (Å²) in [7, 11) is 1.32. The number of halogens is 7. The maximum atomic E-state index is 14.8. The van der Waals surface area contributed by atoms with Crippen LogP contribution in [0.25, 0.3) is 11.3 Å². The van der Waals surface area contributed by atoms with E-state index in [0.29, 0.717) is 23.6 Å². The number of urea groups is 1. The van der Waals surface area contributed by atoms with Crippen molar-refractivity contribution in [2.24, 2.45) is 0 Å². The van der Waals surface area contributed by atoms with Gasteiger partial charge in [-0.2, -0.15) is 17.7 Å². The quantitative estimate of drug-likeness (QED) is 0.243. The second-order valence-electron chi connectivity index (χ2n) is 10.5. The number of hydrogen-bond acceptors (Lipinski definition) is 2. The normalized spacial score (nSPS) is 20.6. The van der Waals surface area contributed by atoms with Crippen LogP contribution in [0.15, 0.2) is 48.7 Å². The summed E-state index contributed by atoms with van der Waals surface area (Å²) < 4.78 is 104. The summed E-state index contributed by atoms with van der Waals surface area (Å²) in [5, 5.41) is 2.69. The first-order chi connectivity index (χ1) is 19.3. The van der Waals surface area contributed by atoms with Gasteiger partial charge in [-0.25, -0.2) is 22.4 Å². The molecule has 2 aliphatic heterocycles. The van der Waals surface area contributed by atoms with E-state index in [1.54, 1.807) is 13.8 Å². The van der Waals surface area contributed by atoms with Gasteiger partial charge in [0.2, 0.25) is 11.9 Å². The molecule has 2 amide bonds. The van der Waals surface area contributed by atoms with Crippen LogP contribution in [0.5, 0.6) is 5.75 Å². The molecule has 1 N–H and O–H groups in total. The van der Waals surface area contributed by atoms with Crippen molar-refractivity contribution in [1.82, 2.24) is 10.2 Å². The van der Waals surface area contributed by atoms with E-state index >= 15 is 0 Å². The van der Waals surface area contributed by atoms with Crippen molar-refractivity contribution in [1.29, 1.82) is 0 Å². The average Bonchev–Trinajstić information content (AvgIpc) is 3.48. The van der Waals surface area contributed by atoms with Crippen LogP contribution in [0, 0.1) is 11.6 Å². The average molecular weight is 583 g/mol. The second kappa shape index (κ2) is 10.5. The molecule has 3 atom stereocenters. The van der Waals surface area contributed by atoms with Crippen LogP contribution in [0.3, 0.4) is 0 Å². The standard InChI is InChI=1S/C29H26F7N3O2/c1-14(2)19-11-20(24(41-3)12-21(19)31)22-5-4-17(29(34,35)36)13-38(22)25-7-6-23-26(37-28(40)39(23)25)15-8-16(27(32)33)10-18(30)9-15/h4-5,8-14,23,25-27H,6-7H2,1-3H3/p+1. The largest absolute Gasteiger partial charge is 0.496 e. The predicted octanol–water partition coefficient (Wildman–Crippen LogP) is 7.44. The summed E-state index contributed by atoms with van der Waals surface area (Å²) in [4.78, 5) is 14.6. The van der Waals surface area contributed by atoms with E-state index in [4.69, 9.17) is 4.74 Å². The molecule has 1 aromatic heterocycles. The first kappa shape index (κ1) is 28.7. The molecule has 0 bridgehead atoms. The van der Waals surface area contributed by atoms with Crippen LogP contribution >= 0.6 is 0 Å². The van der Waals surface area contributed by atoms with Crippen LogP contribution in [0.1, 0.15) is 73.5 Å². The minimum atomic E-state index is -4.70. The van der Waals surface area contributed by atoms with Gasteiger partial charge in [0.25, 0.3) is 6.43 Å². The van der Waals surface area contributed by atoms with Crippen molar-refractivity contribution in [3.05, 3.63) is 82.5 Å². The Labute approximate surface area is 231 Å². The van der Waals surface area contributed by atoms with Gasteiger partial charge in [0.1, 0.15) is 22.9 Å². The number of methoxy groups -OCH3 is 1. The fourth-order valence-electron chi connectivity index (χ4n) is 5.80. The van der Waals surface area contributed by atoms with Gasteiger partial charge in [0.15, 0.2) is 6.20 Å². The molecular formula is C29H27F7N3O2+. The third-order valence-electron chi connectivity index (χ3n) is 7.69. The van der Waals surface area contributed by atoms with E-state index in [-0.39, 0.29) is 29.3 Å². The summed E-state index contributed by atoms with van der Waals surface area (Å²) >= 11 is 0. The van der Waals surface area contributed by atoms with E-state index < -0.39 is 59.6 Å². The molecule has 5 rings (SSSR count). The van der Waals surface area contributed by atoms with Gasteiger partial charge in [-0.15, -0.1) is 0 Å². The van der Waals surface area contributed by atoms with Crippen molar-refractivity contribution < 1.29 is 44.8 Å². The topological polar surface area (TPSA) is 45.5 Å². The molecule has 2 fully saturated rings. The predicted molar refractivity (Wildman–Crippen MR) is 134 cm³/mol. The van der Waals surface area contributed by atoms with Gasteiger partial charge >= 0.3 is 12.2 Å². The Morgan fingerprint density at radius 1 is 1.05 bits per heavy atom. The number of carbonyl (C=O) groups excluding carboxylic acids is 1. The van der Waals surface area contributed by atoms with Gasteiger partial charge in [0, 0.05) is 24.1 Å². The first-order valence-electron chi connectivity index (χ1n) is 13.0. The van der Waals surface area contributed by atoms with Gasteiger partial charge in [-0.1, -0.05) is 13.8 Å². The summed E-state index contributed by atoms with van der Waals surface area (Å²) in [6.45, 7) is 3.55. The zero-order chi connectivity index (χ0) is 29.8. The summed E-state index contributed by atoms with van der Waals surface area (Å²) in [6.07, 6.45) is -7.11. The van der Waals surface area contributed by atoms with Crippen LogP contribution in [0.4, 0.5) is 35.5 Å². The van der Waals surface area contributed by atoms with Crippen molar-refractivity contribution in [3.63, 3.8) is 0 Å². The van der Waals surface area contributed by atoms with Crippen LogP contribution in [0.2, 0.25) is 0 Å². The third-order valence-corrected chi connectivity index (χ3v) is 7.69. The fraction of sp³-hybridized carbons (Fsp3) is 0.379. The molecule has 2 saturated heterocycles. The van der Waals surface area contributed by atoms with Crippen LogP contribution in [-0.4, -0.2) is 24.1 Å². The van der Waals surface area contributed by atoms with Crippen molar-refractivity contribution in [3.8, 4) is 17.0 Å². The minimum Gasteiger partial charge on any atom is -0.496 e. The lowest BCUT2D eigenvalue weighted by atomic mass is 9.97. The number of fused-ring (bicyclic) bond motifs is 1. The molecular weight excluding hydrogens is 555 g/mol. The molecule has 41 heavy (non-hydrogen) atoms. The Bertz CT molecular complexity index is 1490. The van der Waals surface area contributed by atoms with Gasteiger partial charge < -0.3 is 10.1 Å². The van der Waals surface area contributed by atoms with Crippen molar-refractivity contribution >= 4 is 6.03 Å². The van der Waals surface area contributed by atoms with E-state index in [1.807, 2.05) is 0 Å². The number of ether oxygens (including phenoxy) is 1. The van der Waals surface area contributed by atoms with E-state index in [9.17, 15) is 35.5 Å². The SMILES string of the molecule is COc1cc(F)c(C(C)C)cc1-c1ccc(C(F)(F)F)c[n+]1C1CCC2C(c3cc(F)cc(C(F)F)c3)NC(=O)N21. The summed E-state index contributed by atoms with van der Waals surface area (Å²) in [5.74, 6) is -1.56. The van der Waals surface area contributed by atoms with Gasteiger partial charge in [-0.3, -0.25) is 4.90 Å². The third kappa shape index (κ3) is 5.19. The molecule has 3 heterocycles. The molecule has 0 saturated carbocycles. The molecule has 2 aliphatic rings. The Kier molecular flexibility index (Phi) is 7.37. The maximum absolute atomic E-state index is 14.8. The fourth-order valence-corrected chi connectivity index (χ4v) is 5.80. The maximum Gasteiger partial charge on any atom is 0.422 e. The molecule has 2 aromatic carbocycles. The number of carbonyl (C=O) groups is 1. The van der Waals surface area contributed by atoms with Crippen molar-refractivity contribution in [2.75, 3.05) is 7.11 Å². The first-order valence-corrected chi connectivity index (χ1v) is 13.0. The molecule has 0 spiro atoms. The number of nitrogens with one attached hydrogen (secondary N) is 1. The number of pyridine rings is 1. The number of nitrogens with zero attached hydrogens (tertiary/aromatic N) is 2. The molecule has 218 valence electrons. The molecule has 0 radical (unpaired) electrons. The van der Waals surface area contributed by atoms with Gasteiger partial charge in [-0.05, 0) is 53.8 Å². The summed E-state index contributed by atoms with van der Waals surface area (Å²) in [5.41, 5.74) is -0.449. The number of amides is 2. The number of benzene rings is 2. The van der Waals surface area contributed by atoms with E-state index in [0.717, 1.165) is 24.4 Å². The highest BCUT2D eigenvalue weighted by atomic mass is 19.4. The highest BCUT2D eigenvalue weighted by Crippen LogP contribution is 2.43. The minimum absolute atomic E-state index is 0.0954.